The lowest BCUT2D eigenvalue weighted by Crippen LogP contribution is -2.11. The van der Waals surface area contributed by atoms with Gasteiger partial charge in [0.25, 0.3) is 0 Å². The van der Waals surface area contributed by atoms with E-state index in [0.29, 0.717) is 13.0 Å². The van der Waals surface area contributed by atoms with Crippen LogP contribution < -0.4 is 4.87 Å². The topological polar surface area (TPSA) is 70.9 Å². The fraction of sp³-hybridized carbons (Fsp3) is 0.200. The van der Waals surface area contributed by atoms with Gasteiger partial charge in [0, 0.05) is 17.7 Å². The highest BCUT2D eigenvalue weighted by Gasteiger charge is 2.16. The SMILES string of the molecule is CC(O)Cc1c(-c2ccccc2)ncn1Cc1cccc2[nH]c(=O)sc12. The molecule has 26 heavy (non-hydrogen) atoms. The van der Waals surface area contributed by atoms with Crippen LogP contribution in [0.5, 0.6) is 0 Å². The highest BCUT2D eigenvalue weighted by atomic mass is 32.1. The second kappa shape index (κ2) is 6.90. The lowest BCUT2D eigenvalue weighted by molar-refractivity contribution is 0.193. The van der Waals surface area contributed by atoms with Crippen molar-refractivity contribution in [2.24, 2.45) is 0 Å². The van der Waals surface area contributed by atoms with Gasteiger partial charge in [-0.3, -0.25) is 4.79 Å². The second-order valence-electron chi connectivity index (χ2n) is 6.40. The number of aliphatic hydroxyl groups is 1. The molecule has 0 aliphatic heterocycles. The minimum absolute atomic E-state index is 0.0488. The van der Waals surface area contributed by atoms with Crippen LogP contribution >= 0.6 is 11.3 Å². The monoisotopic (exact) mass is 365 g/mol. The van der Waals surface area contributed by atoms with Crippen LogP contribution in [0.15, 0.2) is 59.7 Å². The zero-order valence-electron chi connectivity index (χ0n) is 14.3. The molecule has 0 bridgehead atoms. The van der Waals surface area contributed by atoms with E-state index in [4.69, 9.17) is 0 Å². The number of thiazole rings is 1. The molecule has 0 saturated heterocycles. The molecule has 4 aromatic rings. The minimum Gasteiger partial charge on any atom is -0.393 e. The van der Waals surface area contributed by atoms with E-state index in [0.717, 1.165) is 32.7 Å². The van der Waals surface area contributed by atoms with Gasteiger partial charge in [0.1, 0.15) is 0 Å². The molecule has 2 heterocycles. The Morgan fingerprint density at radius 1 is 1.19 bits per heavy atom. The van der Waals surface area contributed by atoms with Gasteiger partial charge < -0.3 is 14.7 Å². The maximum atomic E-state index is 11.7. The fourth-order valence-electron chi connectivity index (χ4n) is 3.21. The zero-order chi connectivity index (χ0) is 18.1. The van der Waals surface area contributed by atoms with Crippen molar-refractivity contribution in [3.63, 3.8) is 0 Å². The summed E-state index contributed by atoms with van der Waals surface area (Å²) in [7, 11) is 0. The number of rotatable bonds is 5. The van der Waals surface area contributed by atoms with Crippen molar-refractivity contribution in [3.8, 4) is 11.3 Å². The summed E-state index contributed by atoms with van der Waals surface area (Å²) in [5.41, 5.74) is 4.84. The van der Waals surface area contributed by atoms with Gasteiger partial charge in [0.2, 0.25) is 0 Å². The van der Waals surface area contributed by atoms with Gasteiger partial charge in [0.15, 0.2) is 0 Å². The smallest absolute Gasteiger partial charge is 0.305 e. The number of hydrogen-bond donors (Lipinski definition) is 2. The summed E-state index contributed by atoms with van der Waals surface area (Å²) in [5, 5.41) is 9.98. The maximum absolute atomic E-state index is 11.7. The van der Waals surface area contributed by atoms with E-state index in [-0.39, 0.29) is 4.87 Å². The Kier molecular flexibility index (Phi) is 4.44. The number of imidazole rings is 1. The number of fused-ring (bicyclic) bond motifs is 1. The van der Waals surface area contributed by atoms with Gasteiger partial charge in [0.05, 0.1) is 34.9 Å². The number of nitrogens with one attached hydrogen (secondary N) is 1. The summed E-state index contributed by atoms with van der Waals surface area (Å²) in [6.45, 7) is 2.39. The predicted molar refractivity (Wildman–Crippen MR) is 105 cm³/mol. The predicted octanol–water partition coefficient (Wildman–Crippen LogP) is 3.42. The van der Waals surface area contributed by atoms with E-state index in [9.17, 15) is 9.90 Å². The third-order valence-electron chi connectivity index (χ3n) is 4.35. The molecule has 1 atom stereocenters. The quantitative estimate of drug-likeness (QED) is 0.569. The van der Waals surface area contributed by atoms with Crippen molar-refractivity contribution in [2.45, 2.75) is 26.0 Å². The van der Waals surface area contributed by atoms with Gasteiger partial charge in [-0.05, 0) is 18.6 Å². The van der Waals surface area contributed by atoms with Crippen molar-refractivity contribution < 1.29 is 5.11 Å². The molecule has 0 radical (unpaired) electrons. The van der Waals surface area contributed by atoms with Crippen LogP contribution in [-0.2, 0) is 13.0 Å². The van der Waals surface area contributed by atoms with Gasteiger partial charge in [-0.25, -0.2) is 4.98 Å². The highest BCUT2D eigenvalue weighted by Crippen LogP contribution is 2.26. The van der Waals surface area contributed by atoms with Crippen LogP contribution in [0.3, 0.4) is 0 Å². The highest BCUT2D eigenvalue weighted by molar-refractivity contribution is 7.16. The minimum atomic E-state index is -0.466. The van der Waals surface area contributed by atoms with Gasteiger partial charge in [-0.15, -0.1) is 0 Å². The molecule has 2 N–H and O–H groups in total. The third kappa shape index (κ3) is 3.21. The van der Waals surface area contributed by atoms with Crippen molar-refractivity contribution >= 4 is 21.6 Å². The molecule has 0 saturated carbocycles. The number of aliphatic hydroxyl groups excluding tert-OH is 1. The normalized spacial score (nSPS) is 12.5. The molecule has 5 nitrogen and oxygen atoms in total. The fourth-order valence-corrected chi connectivity index (χ4v) is 4.05. The van der Waals surface area contributed by atoms with Crippen molar-refractivity contribution in [2.75, 3.05) is 0 Å². The molecule has 2 aromatic carbocycles. The Labute approximate surface area is 154 Å². The molecule has 0 aliphatic carbocycles. The molecule has 1 unspecified atom stereocenters. The van der Waals surface area contributed by atoms with E-state index < -0.39 is 6.10 Å². The summed E-state index contributed by atoms with van der Waals surface area (Å²) >= 11 is 1.23. The number of aromatic amines is 1. The Morgan fingerprint density at radius 3 is 2.77 bits per heavy atom. The molecule has 132 valence electrons. The van der Waals surface area contributed by atoms with Crippen molar-refractivity contribution in [1.82, 2.24) is 14.5 Å². The van der Waals surface area contributed by atoms with E-state index in [1.165, 1.54) is 11.3 Å². The summed E-state index contributed by atoms with van der Waals surface area (Å²) in [6, 6.07) is 15.9. The average Bonchev–Trinajstić information content (AvgIpc) is 3.19. The number of aromatic nitrogens is 3. The number of benzene rings is 2. The van der Waals surface area contributed by atoms with Gasteiger partial charge >= 0.3 is 4.87 Å². The number of H-pyrrole nitrogens is 1. The van der Waals surface area contributed by atoms with Crippen molar-refractivity contribution in [3.05, 3.63) is 75.8 Å². The molecule has 6 heteroatoms. The van der Waals surface area contributed by atoms with E-state index in [1.807, 2.05) is 54.9 Å². The third-order valence-corrected chi connectivity index (χ3v) is 5.32. The summed E-state index contributed by atoms with van der Waals surface area (Å²) < 4.78 is 3.03. The van der Waals surface area contributed by atoms with Crippen LogP contribution in [0.4, 0.5) is 0 Å². The summed E-state index contributed by atoms with van der Waals surface area (Å²) in [6.07, 6.45) is 1.87. The van der Waals surface area contributed by atoms with Crippen LogP contribution in [0.2, 0.25) is 0 Å². The molecule has 0 fully saturated rings. The van der Waals surface area contributed by atoms with E-state index >= 15 is 0 Å². The first-order valence-corrected chi connectivity index (χ1v) is 9.31. The molecular weight excluding hydrogens is 346 g/mol. The van der Waals surface area contributed by atoms with Gasteiger partial charge in [-0.1, -0.05) is 53.8 Å². The van der Waals surface area contributed by atoms with Crippen molar-refractivity contribution in [1.29, 1.82) is 0 Å². The first kappa shape index (κ1) is 16.8. The van der Waals surface area contributed by atoms with E-state index in [1.54, 1.807) is 6.92 Å². The maximum Gasteiger partial charge on any atom is 0.305 e. The summed E-state index contributed by atoms with van der Waals surface area (Å²) in [5.74, 6) is 0. The Balaban J connectivity index is 1.78. The number of nitrogens with zero attached hydrogens (tertiary/aromatic N) is 2. The lowest BCUT2D eigenvalue weighted by atomic mass is 10.1. The molecule has 4 rings (SSSR count). The molecule has 0 aliphatic rings. The standard InChI is InChI=1S/C20H19N3O2S/c1-13(24)10-17-18(14-6-3-2-4-7-14)21-12-23(17)11-15-8-5-9-16-19(15)26-20(25)22-16/h2-9,12-13,24H,10-11H2,1H3,(H,22,25). The first-order valence-electron chi connectivity index (χ1n) is 8.50. The van der Waals surface area contributed by atoms with Crippen LogP contribution in [0.1, 0.15) is 18.2 Å². The van der Waals surface area contributed by atoms with Crippen LogP contribution in [0, 0.1) is 0 Å². The Morgan fingerprint density at radius 2 is 2.00 bits per heavy atom. The Hall–Kier alpha value is -2.70. The average molecular weight is 365 g/mol. The van der Waals surface area contributed by atoms with Crippen LogP contribution in [0.25, 0.3) is 21.5 Å². The zero-order valence-corrected chi connectivity index (χ0v) is 15.2. The lowest BCUT2D eigenvalue weighted by Gasteiger charge is -2.12. The molecule has 0 spiro atoms. The number of hydrogen-bond acceptors (Lipinski definition) is 4. The Bertz CT molecular complexity index is 1090. The summed E-state index contributed by atoms with van der Waals surface area (Å²) in [4.78, 5) is 19.1. The largest absolute Gasteiger partial charge is 0.393 e. The first-order chi connectivity index (χ1) is 12.6. The molecular formula is C20H19N3O2S. The molecule has 2 aromatic heterocycles. The molecule has 0 amide bonds. The second-order valence-corrected chi connectivity index (χ2v) is 7.38. The van der Waals surface area contributed by atoms with Crippen LogP contribution in [-0.4, -0.2) is 25.7 Å². The van der Waals surface area contributed by atoms with E-state index in [2.05, 4.69) is 14.5 Å². The van der Waals surface area contributed by atoms with Gasteiger partial charge in [-0.2, -0.15) is 0 Å².